The zero-order valence-electron chi connectivity index (χ0n) is 14.4. The monoisotopic (exact) mass is 354 g/mol. The molecule has 0 amide bonds. The van der Waals surface area contributed by atoms with E-state index in [0.717, 1.165) is 26.1 Å². The third-order valence-electron chi connectivity index (χ3n) is 4.29. The lowest BCUT2D eigenvalue weighted by Crippen LogP contribution is -2.33. The Hall–Kier alpha value is -1.44. The van der Waals surface area contributed by atoms with Gasteiger partial charge in [-0.05, 0) is 63.5 Å². The first kappa shape index (κ1) is 18.9. The highest BCUT2D eigenvalue weighted by atomic mass is 32.2. The Morgan fingerprint density at radius 3 is 2.62 bits per heavy atom. The molecule has 0 aromatic heterocycles. The number of aryl methyl sites for hydroxylation is 1. The van der Waals surface area contributed by atoms with E-state index in [1.807, 2.05) is 0 Å². The van der Waals surface area contributed by atoms with Gasteiger partial charge in [0.2, 0.25) is 10.0 Å². The first-order chi connectivity index (χ1) is 11.4. The van der Waals surface area contributed by atoms with Gasteiger partial charge >= 0.3 is 5.97 Å². The maximum atomic E-state index is 12.5. The minimum absolute atomic E-state index is 0.128. The van der Waals surface area contributed by atoms with Gasteiger partial charge in [-0.15, -0.1) is 0 Å². The summed E-state index contributed by atoms with van der Waals surface area (Å²) >= 11 is 0. The molecule has 0 radical (unpaired) electrons. The van der Waals surface area contributed by atoms with Gasteiger partial charge in [0.15, 0.2) is 0 Å². The summed E-state index contributed by atoms with van der Waals surface area (Å²) in [7, 11) is -2.36. The molecule has 7 heteroatoms. The zero-order chi connectivity index (χ0) is 17.6. The van der Waals surface area contributed by atoms with Crippen LogP contribution < -0.4 is 4.72 Å². The molecule has 24 heavy (non-hydrogen) atoms. The fraction of sp³-hybridized carbons (Fsp3) is 0.588. The van der Waals surface area contributed by atoms with Crippen molar-refractivity contribution in [2.24, 2.45) is 0 Å². The molecule has 0 atom stereocenters. The van der Waals surface area contributed by atoms with Crippen LogP contribution in [0.5, 0.6) is 0 Å². The minimum atomic E-state index is -3.63. The highest BCUT2D eigenvalue weighted by molar-refractivity contribution is 7.89. The number of hydrogen-bond acceptors (Lipinski definition) is 5. The number of carbonyl (C=O) groups is 1. The summed E-state index contributed by atoms with van der Waals surface area (Å²) in [5.74, 6) is -0.545. The molecule has 1 heterocycles. The molecule has 2 rings (SSSR count). The van der Waals surface area contributed by atoms with Crippen LogP contribution in [0.1, 0.15) is 41.6 Å². The van der Waals surface area contributed by atoms with E-state index in [2.05, 4.69) is 14.4 Å². The van der Waals surface area contributed by atoms with Crippen molar-refractivity contribution in [3.8, 4) is 0 Å². The lowest BCUT2D eigenvalue weighted by molar-refractivity contribution is 0.0600. The van der Waals surface area contributed by atoms with E-state index in [1.165, 1.54) is 32.4 Å². The van der Waals surface area contributed by atoms with E-state index in [-0.39, 0.29) is 10.5 Å². The Kier molecular flexibility index (Phi) is 6.77. The van der Waals surface area contributed by atoms with Gasteiger partial charge in [0.1, 0.15) is 0 Å². The Labute approximate surface area is 144 Å². The van der Waals surface area contributed by atoms with Crippen LogP contribution in [0.3, 0.4) is 0 Å². The van der Waals surface area contributed by atoms with Gasteiger partial charge in [-0.1, -0.05) is 12.5 Å². The minimum Gasteiger partial charge on any atom is -0.465 e. The molecular weight excluding hydrogens is 328 g/mol. The second-order valence-corrected chi connectivity index (χ2v) is 7.86. The Balaban J connectivity index is 1.95. The number of piperidine rings is 1. The normalized spacial score (nSPS) is 16.1. The molecule has 0 aliphatic carbocycles. The number of methoxy groups -OCH3 is 1. The van der Waals surface area contributed by atoms with Crippen LogP contribution >= 0.6 is 0 Å². The maximum absolute atomic E-state index is 12.5. The summed E-state index contributed by atoms with van der Waals surface area (Å²) < 4.78 is 32.3. The Morgan fingerprint density at radius 2 is 1.96 bits per heavy atom. The van der Waals surface area contributed by atoms with E-state index in [4.69, 9.17) is 0 Å². The first-order valence-corrected chi connectivity index (χ1v) is 9.83. The quantitative estimate of drug-likeness (QED) is 0.598. The van der Waals surface area contributed by atoms with Crippen molar-refractivity contribution in [1.82, 2.24) is 9.62 Å². The summed E-state index contributed by atoms with van der Waals surface area (Å²) in [6, 6.07) is 4.55. The molecular formula is C17H26N2O4S. The number of hydrogen-bond donors (Lipinski definition) is 1. The second-order valence-electron chi connectivity index (χ2n) is 6.13. The number of ether oxygens (including phenoxy) is 1. The van der Waals surface area contributed by atoms with Crippen LogP contribution in [-0.2, 0) is 14.8 Å². The summed E-state index contributed by atoms with van der Waals surface area (Å²) in [5.41, 5.74) is 0.836. The van der Waals surface area contributed by atoms with E-state index in [1.54, 1.807) is 19.1 Å². The van der Waals surface area contributed by atoms with Crippen LogP contribution in [0.25, 0.3) is 0 Å². The van der Waals surface area contributed by atoms with Crippen molar-refractivity contribution < 1.29 is 17.9 Å². The standard InChI is InChI=1S/C17H26N2O4S/c1-14-7-8-15(17(20)23-2)13-16(14)24(21,22)18-9-6-12-19-10-4-3-5-11-19/h7-8,13,18H,3-6,9-12H2,1-2H3. The average molecular weight is 354 g/mol. The SMILES string of the molecule is COC(=O)c1ccc(C)c(S(=O)(=O)NCCCN2CCCCC2)c1. The van der Waals surface area contributed by atoms with Gasteiger partial charge in [-0.25, -0.2) is 17.9 Å². The molecule has 0 unspecified atom stereocenters. The number of rotatable bonds is 7. The summed E-state index contributed by atoms with van der Waals surface area (Å²) in [5, 5.41) is 0. The number of esters is 1. The molecule has 6 nitrogen and oxygen atoms in total. The summed E-state index contributed by atoms with van der Waals surface area (Å²) in [4.78, 5) is 14.1. The molecule has 1 aliphatic rings. The fourth-order valence-electron chi connectivity index (χ4n) is 2.90. The van der Waals surface area contributed by atoms with Crippen molar-refractivity contribution in [2.45, 2.75) is 37.5 Å². The van der Waals surface area contributed by atoms with Crippen LogP contribution in [0, 0.1) is 6.92 Å². The number of nitrogens with one attached hydrogen (secondary N) is 1. The topological polar surface area (TPSA) is 75.7 Å². The Bertz CT molecular complexity index is 667. The molecule has 1 aromatic carbocycles. The zero-order valence-corrected chi connectivity index (χ0v) is 15.2. The molecule has 0 spiro atoms. The number of benzene rings is 1. The molecule has 134 valence electrons. The average Bonchev–Trinajstić information content (AvgIpc) is 2.59. The van der Waals surface area contributed by atoms with Crippen LogP contribution in [0.2, 0.25) is 0 Å². The van der Waals surface area contributed by atoms with Crippen molar-refractivity contribution in [3.63, 3.8) is 0 Å². The number of sulfonamides is 1. The van der Waals surface area contributed by atoms with E-state index in [0.29, 0.717) is 12.1 Å². The van der Waals surface area contributed by atoms with Crippen molar-refractivity contribution in [1.29, 1.82) is 0 Å². The smallest absolute Gasteiger partial charge is 0.337 e. The van der Waals surface area contributed by atoms with E-state index < -0.39 is 16.0 Å². The van der Waals surface area contributed by atoms with Gasteiger partial charge in [0.25, 0.3) is 0 Å². The largest absolute Gasteiger partial charge is 0.465 e. The third kappa shape index (κ3) is 5.03. The van der Waals surface area contributed by atoms with Gasteiger partial charge in [0.05, 0.1) is 17.6 Å². The van der Waals surface area contributed by atoms with Crippen molar-refractivity contribution in [2.75, 3.05) is 33.3 Å². The molecule has 1 aliphatic heterocycles. The molecule has 1 fully saturated rings. The predicted molar refractivity (Wildman–Crippen MR) is 92.6 cm³/mol. The number of nitrogens with zero attached hydrogens (tertiary/aromatic N) is 1. The van der Waals surface area contributed by atoms with Gasteiger partial charge in [0, 0.05) is 6.54 Å². The van der Waals surface area contributed by atoms with Crippen molar-refractivity contribution >= 4 is 16.0 Å². The number of carbonyl (C=O) groups excluding carboxylic acids is 1. The van der Waals surface area contributed by atoms with Crippen LogP contribution in [-0.4, -0.2) is 52.6 Å². The summed E-state index contributed by atoms with van der Waals surface area (Å²) in [6.45, 7) is 5.22. The second kappa shape index (κ2) is 8.60. The predicted octanol–water partition coefficient (Wildman–Crippen LogP) is 1.94. The van der Waals surface area contributed by atoms with Gasteiger partial charge < -0.3 is 9.64 Å². The van der Waals surface area contributed by atoms with Gasteiger partial charge in [-0.2, -0.15) is 0 Å². The maximum Gasteiger partial charge on any atom is 0.337 e. The molecule has 1 aromatic rings. The third-order valence-corrected chi connectivity index (χ3v) is 5.89. The molecule has 0 saturated carbocycles. The van der Waals surface area contributed by atoms with E-state index >= 15 is 0 Å². The summed E-state index contributed by atoms with van der Waals surface area (Å²) in [6.07, 6.45) is 4.52. The number of likely N-dealkylation sites (tertiary alicyclic amines) is 1. The molecule has 1 N–H and O–H groups in total. The van der Waals surface area contributed by atoms with Crippen LogP contribution in [0.4, 0.5) is 0 Å². The van der Waals surface area contributed by atoms with Crippen LogP contribution in [0.15, 0.2) is 23.1 Å². The fourth-order valence-corrected chi connectivity index (χ4v) is 4.25. The lowest BCUT2D eigenvalue weighted by atomic mass is 10.1. The lowest BCUT2D eigenvalue weighted by Gasteiger charge is -2.26. The highest BCUT2D eigenvalue weighted by Gasteiger charge is 2.19. The van der Waals surface area contributed by atoms with Gasteiger partial charge in [-0.3, -0.25) is 0 Å². The van der Waals surface area contributed by atoms with Crippen molar-refractivity contribution in [3.05, 3.63) is 29.3 Å². The Morgan fingerprint density at radius 1 is 1.25 bits per heavy atom. The highest BCUT2D eigenvalue weighted by Crippen LogP contribution is 2.17. The first-order valence-electron chi connectivity index (χ1n) is 8.35. The molecule has 1 saturated heterocycles. The van der Waals surface area contributed by atoms with E-state index in [9.17, 15) is 13.2 Å². The molecule has 0 bridgehead atoms.